The first kappa shape index (κ1) is 17.5. The summed E-state index contributed by atoms with van der Waals surface area (Å²) in [5, 5.41) is 5.11. The molecule has 0 fully saturated rings. The number of benzene rings is 1. The summed E-state index contributed by atoms with van der Waals surface area (Å²) in [6.07, 6.45) is 5.04. The van der Waals surface area contributed by atoms with E-state index in [1.807, 2.05) is 17.0 Å². The summed E-state index contributed by atoms with van der Waals surface area (Å²) in [6.45, 7) is 2.85. The molecule has 1 aliphatic rings. The maximum Gasteiger partial charge on any atom is 0.322 e. The van der Waals surface area contributed by atoms with E-state index in [0.717, 1.165) is 19.4 Å². The maximum absolute atomic E-state index is 12.9. The van der Waals surface area contributed by atoms with Gasteiger partial charge in [0.15, 0.2) is 0 Å². The molecule has 0 saturated carbocycles. The van der Waals surface area contributed by atoms with Gasteiger partial charge in [-0.15, -0.1) is 11.3 Å². The number of nitrogens with zero attached hydrogens (tertiary/aromatic N) is 3. The van der Waals surface area contributed by atoms with Gasteiger partial charge < -0.3 is 15.0 Å². The monoisotopic (exact) mass is 380 g/mol. The van der Waals surface area contributed by atoms with E-state index in [1.54, 1.807) is 41.9 Å². The number of nitrogens with one attached hydrogen (secondary N) is 1. The van der Waals surface area contributed by atoms with Crippen LogP contribution in [0.3, 0.4) is 0 Å². The van der Waals surface area contributed by atoms with E-state index in [4.69, 9.17) is 4.74 Å². The molecular weight excluding hydrogens is 360 g/mol. The van der Waals surface area contributed by atoms with Crippen molar-refractivity contribution in [1.29, 1.82) is 0 Å². The van der Waals surface area contributed by atoms with E-state index in [0.29, 0.717) is 11.4 Å². The zero-order valence-corrected chi connectivity index (χ0v) is 15.8. The second kappa shape index (κ2) is 7.75. The number of ether oxygens (including phenoxy) is 1. The summed E-state index contributed by atoms with van der Waals surface area (Å²) in [5.41, 5.74) is 1.96. The van der Waals surface area contributed by atoms with E-state index >= 15 is 0 Å². The highest BCUT2D eigenvalue weighted by Gasteiger charge is 2.30. The third kappa shape index (κ3) is 3.78. The topological polar surface area (TPSA) is 67.4 Å². The van der Waals surface area contributed by atoms with Crippen LogP contribution in [0, 0.1) is 0 Å². The first-order chi connectivity index (χ1) is 13.2. The van der Waals surface area contributed by atoms with Crippen molar-refractivity contribution < 1.29 is 9.53 Å². The molecule has 0 radical (unpaired) electrons. The number of carbonyl (C=O) groups excluding carboxylic acids is 1. The fraction of sp³-hybridized carbons (Fsp3) is 0.250. The molecule has 0 aliphatic carbocycles. The normalized spacial score (nSPS) is 15.9. The van der Waals surface area contributed by atoms with Crippen molar-refractivity contribution in [3.8, 4) is 11.8 Å². The number of urea groups is 1. The molecule has 0 bridgehead atoms. The van der Waals surface area contributed by atoms with Crippen LogP contribution < -0.4 is 10.1 Å². The number of rotatable bonds is 4. The Morgan fingerprint density at radius 3 is 2.96 bits per heavy atom. The standard InChI is InChI=1S/C20H20N4O2S/c1-2-17-16-8-12-27-18(16)7-11-24(17)20(25)23-14-5-3-6-15(13-14)26-19-21-9-4-10-22-19/h3-6,8-10,12-13,17H,2,7,11H2,1H3,(H,23,25)/t17-/m0/s1. The van der Waals surface area contributed by atoms with Crippen molar-refractivity contribution in [3.63, 3.8) is 0 Å². The third-order valence-electron chi connectivity index (χ3n) is 4.58. The van der Waals surface area contributed by atoms with Crippen LogP contribution in [-0.2, 0) is 6.42 Å². The largest absolute Gasteiger partial charge is 0.424 e. The van der Waals surface area contributed by atoms with Crippen LogP contribution in [0.15, 0.2) is 54.2 Å². The highest BCUT2D eigenvalue weighted by Crippen LogP contribution is 2.35. The Bertz CT molecular complexity index is 928. The fourth-order valence-corrected chi connectivity index (χ4v) is 4.28. The number of amides is 2. The Hall–Kier alpha value is -2.93. The molecule has 2 amide bonds. The minimum absolute atomic E-state index is 0.0909. The van der Waals surface area contributed by atoms with Crippen LogP contribution in [0.25, 0.3) is 0 Å². The lowest BCUT2D eigenvalue weighted by atomic mass is 9.98. The molecule has 0 saturated heterocycles. The first-order valence-corrected chi connectivity index (χ1v) is 9.81. The van der Waals surface area contributed by atoms with E-state index in [1.165, 1.54) is 10.4 Å². The summed E-state index contributed by atoms with van der Waals surface area (Å²) in [6, 6.07) is 11.4. The lowest BCUT2D eigenvalue weighted by Gasteiger charge is -2.35. The zero-order valence-electron chi connectivity index (χ0n) is 15.0. The van der Waals surface area contributed by atoms with Gasteiger partial charge in [0.05, 0.1) is 6.04 Å². The van der Waals surface area contributed by atoms with Gasteiger partial charge in [-0.2, -0.15) is 0 Å². The van der Waals surface area contributed by atoms with E-state index in [9.17, 15) is 4.79 Å². The van der Waals surface area contributed by atoms with Gasteiger partial charge in [-0.1, -0.05) is 13.0 Å². The molecular formula is C20H20N4O2S. The number of aromatic nitrogens is 2. The van der Waals surface area contributed by atoms with Gasteiger partial charge in [0.2, 0.25) is 0 Å². The van der Waals surface area contributed by atoms with Crippen LogP contribution in [0.5, 0.6) is 11.8 Å². The average molecular weight is 380 g/mol. The summed E-state index contributed by atoms with van der Waals surface area (Å²) in [7, 11) is 0. The third-order valence-corrected chi connectivity index (χ3v) is 5.58. The van der Waals surface area contributed by atoms with Crippen molar-refractivity contribution >= 4 is 23.1 Å². The molecule has 1 N–H and O–H groups in total. The van der Waals surface area contributed by atoms with Gasteiger partial charge in [-0.25, -0.2) is 14.8 Å². The molecule has 6 nitrogen and oxygen atoms in total. The predicted octanol–water partition coefficient (Wildman–Crippen LogP) is 4.87. The van der Waals surface area contributed by atoms with E-state index in [-0.39, 0.29) is 18.1 Å². The van der Waals surface area contributed by atoms with Crippen LogP contribution in [0.1, 0.15) is 29.8 Å². The number of fused-ring (bicyclic) bond motifs is 1. The Labute approximate surface area is 161 Å². The molecule has 1 aromatic carbocycles. The predicted molar refractivity (Wildman–Crippen MR) is 105 cm³/mol. The van der Waals surface area contributed by atoms with Crippen LogP contribution in [0.4, 0.5) is 10.5 Å². The fourth-order valence-electron chi connectivity index (χ4n) is 3.36. The van der Waals surface area contributed by atoms with E-state index < -0.39 is 0 Å². The second-order valence-corrected chi connectivity index (χ2v) is 7.26. The molecule has 7 heteroatoms. The molecule has 3 heterocycles. The summed E-state index contributed by atoms with van der Waals surface area (Å²) in [4.78, 5) is 24.3. The Morgan fingerprint density at radius 2 is 2.15 bits per heavy atom. The van der Waals surface area contributed by atoms with E-state index in [2.05, 4.69) is 33.7 Å². The second-order valence-electron chi connectivity index (χ2n) is 6.26. The Kier molecular flexibility index (Phi) is 5.02. The van der Waals surface area contributed by atoms with Gasteiger partial charge in [0, 0.05) is 35.6 Å². The SMILES string of the molecule is CC[C@H]1c2ccsc2CCN1C(=O)Nc1cccc(Oc2ncccn2)c1. The molecule has 138 valence electrons. The minimum atomic E-state index is -0.0909. The van der Waals surface area contributed by atoms with Gasteiger partial charge in [-0.3, -0.25) is 0 Å². The van der Waals surface area contributed by atoms with Crippen LogP contribution in [-0.4, -0.2) is 27.4 Å². The molecule has 0 unspecified atom stereocenters. The van der Waals surface area contributed by atoms with Crippen molar-refractivity contribution in [2.24, 2.45) is 0 Å². The molecule has 0 spiro atoms. The molecule has 27 heavy (non-hydrogen) atoms. The number of thiophene rings is 1. The Balaban J connectivity index is 1.47. The molecule has 4 rings (SSSR count). The highest BCUT2D eigenvalue weighted by molar-refractivity contribution is 7.10. The molecule has 1 aliphatic heterocycles. The van der Waals surface area contributed by atoms with Crippen LogP contribution in [0.2, 0.25) is 0 Å². The lowest BCUT2D eigenvalue weighted by Crippen LogP contribution is -2.41. The summed E-state index contributed by atoms with van der Waals surface area (Å²) in [5.74, 6) is 0.574. The lowest BCUT2D eigenvalue weighted by molar-refractivity contribution is 0.181. The van der Waals surface area contributed by atoms with Crippen molar-refractivity contribution in [3.05, 3.63) is 64.6 Å². The van der Waals surface area contributed by atoms with Crippen molar-refractivity contribution in [2.45, 2.75) is 25.8 Å². The number of hydrogen-bond acceptors (Lipinski definition) is 5. The average Bonchev–Trinajstić information content (AvgIpc) is 3.17. The quantitative estimate of drug-likeness (QED) is 0.701. The van der Waals surface area contributed by atoms with Gasteiger partial charge in [-0.05, 0) is 48.1 Å². The number of hydrogen-bond donors (Lipinski definition) is 1. The maximum atomic E-state index is 12.9. The summed E-state index contributed by atoms with van der Waals surface area (Å²) >= 11 is 1.78. The van der Waals surface area contributed by atoms with Crippen molar-refractivity contribution in [1.82, 2.24) is 14.9 Å². The molecule has 1 atom stereocenters. The zero-order chi connectivity index (χ0) is 18.6. The van der Waals surface area contributed by atoms with Gasteiger partial charge in [0.1, 0.15) is 5.75 Å². The van der Waals surface area contributed by atoms with Gasteiger partial charge in [0.25, 0.3) is 0 Å². The number of carbonyl (C=O) groups is 1. The molecule has 3 aromatic rings. The number of anilines is 1. The van der Waals surface area contributed by atoms with Crippen LogP contribution >= 0.6 is 11.3 Å². The van der Waals surface area contributed by atoms with Crippen molar-refractivity contribution in [2.75, 3.05) is 11.9 Å². The molecule has 2 aromatic heterocycles. The first-order valence-electron chi connectivity index (χ1n) is 8.93. The highest BCUT2D eigenvalue weighted by atomic mass is 32.1. The Morgan fingerprint density at radius 1 is 1.30 bits per heavy atom. The summed E-state index contributed by atoms with van der Waals surface area (Å²) < 4.78 is 5.64. The van der Waals surface area contributed by atoms with Gasteiger partial charge >= 0.3 is 12.0 Å². The minimum Gasteiger partial charge on any atom is -0.424 e. The smallest absolute Gasteiger partial charge is 0.322 e.